The van der Waals surface area contributed by atoms with Crippen LogP contribution in [-0.4, -0.2) is 32.6 Å². The first-order valence-corrected chi connectivity index (χ1v) is 6.46. The quantitative estimate of drug-likeness (QED) is 0.519. The Kier molecular flexibility index (Phi) is 3.27. The Bertz CT molecular complexity index is 684. The van der Waals surface area contributed by atoms with Crippen LogP contribution in [0, 0.1) is 5.92 Å². The van der Waals surface area contributed by atoms with Gasteiger partial charge in [-0.2, -0.15) is 9.97 Å². The number of fused-ring (bicyclic) bond motifs is 1. The molecular formula is C12H12ClN5O2. The SMILES string of the molecule is Nc1nc(Cl)c2ncn([C@@H]3C=C[C@H](COC=O)C3)c2n1. The van der Waals surface area contributed by atoms with E-state index in [1.54, 1.807) is 6.33 Å². The molecular weight excluding hydrogens is 282 g/mol. The highest BCUT2D eigenvalue weighted by Gasteiger charge is 2.23. The number of hydrogen-bond acceptors (Lipinski definition) is 6. The van der Waals surface area contributed by atoms with E-state index in [1.165, 1.54) is 0 Å². The third-order valence-corrected chi connectivity index (χ3v) is 3.55. The molecule has 7 nitrogen and oxygen atoms in total. The van der Waals surface area contributed by atoms with Gasteiger partial charge in [0.1, 0.15) is 5.52 Å². The minimum atomic E-state index is 0.0885. The molecule has 2 aromatic rings. The third kappa shape index (κ3) is 2.20. The second-order valence-electron chi connectivity index (χ2n) is 4.57. The fraction of sp³-hybridized carbons (Fsp3) is 0.333. The standard InChI is InChI=1S/C12H12ClN5O2/c13-10-9-11(17-12(14)16-10)18(5-15-9)8-2-1-7(3-8)4-20-6-19/h1-2,5-8H,3-4H2,(H2,14,16,17)/t7-,8+/m0/s1. The average molecular weight is 294 g/mol. The van der Waals surface area contributed by atoms with Crippen molar-refractivity contribution in [2.45, 2.75) is 12.5 Å². The van der Waals surface area contributed by atoms with E-state index in [0.717, 1.165) is 6.42 Å². The molecule has 0 saturated heterocycles. The summed E-state index contributed by atoms with van der Waals surface area (Å²) in [5, 5.41) is 0.245. The predicted octanol–water partition coefficient (Wildman–Crippen LogP) is 1.35. The lowest BCUT2D eigenvalue weighted by Gasteiger charge is -2.13. The molecule has 1 aliphatic carbocycles. The molecule has 104 valence electrons. The van der Waals surface area contributed by atoms with E-state index in [4.69, 9.17) is 22.1 Å². The lowest BCUT2D eigenvalue weighted by Crippen LogP contribution is -2.10. The van der Waals surface area contributed by atoms with Crippen molar-refractivity contribution in [1.82, 2.24) is 19.5 Å². The first-order valence-electron chi connectivity index (χ1n) is 6.08. The number of hydrogen-bond donors (Lipinski definition) is 1. The number of nitrogen functional groups attached to an aromatic ring is 1. The zero-order valence-electron chi connectivity index (χ0n) is 10.4. The Morgan fingerprint density at radius 2 is 2.35 bits per heavy atom. The molecule has 0 spiro atoms. The maximum absolute atomic E-state index is 10.2. The molecule has 0 radical (unpaired) electrons. The summed E-state index contributed by atoms with van der Waals surface area (Å²) in [7, 11) is 0. The first kappa shape index (κ1) is 12.9. The summed E-state index contributed by atoms with van der Waals surface area (Å²) in [5.74, 6) is 0.310. The lowest BCUT2D eigenvalue weighted by molar-refractivity contribution is -0.129. The third-order valence-electron chi connectivity index (χ3n) is 3.28. The van der Waals surface area contributed by atoms with E-state index in [0.29, 0.717) is 24.2 Å². The molecule has 1 aliphatic rings. The van der Waals surface area contributed by atoms with Crippen LogP contribution in [0.4, 0.5) is 5.95 Å². The van der Waals surface area contributed by atoms with Crippen LogP contribution in [0.25, 0.3) is 11.2 Å². The smallest absolute Gasteiger partial charge is 0.293 e. The molecule has 3 rings (SSSR count). The molecule has 0 saturated carbocycles. The highest BCUT2D eigenvalue weighted by molar-refractivity contribution is 6.33. The van der Waals surface area contributed by atoms with Gasteiger partial charge < -0.3 is 15.0 Å². The summed E-state index contributed by atoms with van der Waals surface area (Å²) >= 11 is 6.00. The highest BCUT2D eigenvalue weighted by Crippen LogP contribution is 2.31. The summed E-state index contributed by atoms with van der Waals surface area (Å²) in [6, 6.07) is 0.0885. The number of imidazole rings is 1. The summed E-state index contributed by atoms with van der Waals surface area (Å²) in [5.41, 5.74) is 6.75. The van der Waals surface area contributed by atoms with Crippen molar-refractivity contribution in [2.75, 3.05) is 12.3 Å². The van der Waals surface area contributed by atoms with Gasteiger partial charge in [0.05, 0.1) is 19.0 Å². The van der Waals surface area contributed by atoms with Crippen LogP contribution in [0.2, 0.25) is 5.15 Å². The zero-order chi connectivity index (χ0) is 14.1. The molecule has 2 aromatic heterocycles. The summed E-state index contributed by atoms with van der Waals surface area (Å²) in [4.78, 5) is 22.5. The van der Waals surface area contributed by atoms with Crippen LogP contribution >= 0.6 is 11.6 Å². The van der Waals surface area contributed by atoms with Crippen LogP contribution in [0.3, 0.4) is 0 Å². The second kappa shape index (κ2) is 5.09. The number of carbonyl (C=O) groups excluding carboxylic acids is 1. The molecule has 0 aromatic carbocycles. The van der Waals surface area contributed by atoms with Gasteiger partial charge in [0.25, 0.3) is 6.47 Å². The first-order chi connectivity index (χ1) is 9.69. The van der Waals surface area contributed by atoms with Gasteiger partial charge >= 0.3 is 0 Å². The van der Waals surface area contributed by atoms with Gasteiger partial charge in [-0.3, -0.25) is 4.79 Å². The Morgan fingerprint density at radius 3 is 3.15 bits per heavy atom. The molecule has 0 fully saturated rings. The van der Waals surface area contributed by atoms with E-state index in [2.05, 4.69) is 15.0 Å². The number of halogens is 1. The highest BCUT2D eigenvalue weighted by atomic mass is 35.5. The van der Waals surface area contributed by atoms with Gasteiger partial charge in [-0.1, -0.05) is 23.8 Å². The van der Waals surface area contributed by atoms with Gasteiger partial charge in [0.15, 0.2) is 10.8 Å². The van der Waals surface area contributed by atoms with Crippen LogP contribution in [0.15, 0.2) is 18.5 Å². The minimum absolute atomic E-state index is 0.0885. The van der Waals surface area contributed by atoms with Crippen LogP contribution < -0.4 is 5.73 Å². The Labute approximate surface area is 119 Å². The molecule has 0 aliphatic heterocycles. The van der Waals surface area contributed by atoms with E-state index >= 15 is 0 Å². The molecule has 2 N–H and O–H groups in total. The average Bonchev–Trinajstić information content (AvgIpc) is 3.02. The summed E-state index contributed by atoms with van der Waals surface area (Å²) in [6.07, 6.45) is 6.53. The van der Waals surface area contributed by atoms with Crippen LogP contribution in [-0.2, 0) is 9.53 Å². The lowest BCUT2D eigenvalue weighted by atomic mass is 10.1. The summed E-state index contributed by atoms with van der Waals surface area (Å²) in [6.45, 7) is 0.836. The van der Waals surface area contributed by atoms with E-state index in [1.807, 2.05) is 16.7 Å². The molecule has 8 heteroatoms. The molecule has 0 amide bonds. The van der Waals surface area contributed by atoms with Crippen molar-refractivity contribution < 1.29 is 9.53 Å². The predicted molar refractivity (Wildman–Crippen MR) is 73.0 cm³/mol. The van der Waals surface area contributed by atoms with E-state index in [9.17, 15) is 4.79 Å². The number of nitrogens with zero attached hydrogens (tertiary/aromatic N) is 4. The van der Waals surface area contributed by atoms with Crippen molar-refractivity contribution in [3.05, 3.63) is 23.6 Å². The molecule has 0 bridgehead atoms. The van der Waals surface area contributed by atoms with Crippen molar-refractivity contribution in [2.24, 2.45) is 5.92 Å². The monoisotopic (exact) mass is 293 g/mol. The molecule has 2 heterocycles. The minimum Gasteiger partial charge on any atom is -0.467 e. The number of nitrogens with two attached hydrogens (primary N) is 1. The fourth-order valence-electron chi connectivity index (χ4n) is 2.39. The van der Waals surface area contributed by atoms with Gasteiger partial charge in [-0.05, 0) is 6.42 Å². The van der Waals surface area contributed by atoms with Crippen molar-refractivity contribution >= 4 is 35.2 Å². The van der Waals surface area contributed by atoms with Crippen LogP contribution in [0.5, 0.6) is 0 Å². The van der Waals surface area contributed by atoms with Crippen LogP contribution in [0.1, 0.15) is 12.5 Å². The van der Waals surface area contributed by atoms with Gasteiger partial charge in [-0.25, -0.2) is 4.98 Å². The van der Waals surface area contributed by atoms with Crippen molar-refractivity contribution in [3.8, 4) is 0 Å². The number of ether oxygens (including phenoxy) is 1. The van der Waals surface area contributed by atoms with Crippen molar-refractivity contribution in [1.29, 1.82) is 0 Å². The number of aromatic nitrogens is 4. The Balaban J connectivity index is 1.89. The normalized spacial score (nSPS) is 21.4. The number of anilines is 1. The van der Waals surface area contributed by atoms with Gasteiger partial charge in [-0.15, -0.1) is 0 Å². The summed E-state index contributed by atoms with van der Waals surface area (Å²) < 4.78 is 6.68. The largest absolute Gasteiger partial charge is 0.467 e. The fourth-order valence-corrected chi connectivity index (χ4v) is 2.61. The topological polar surface area (TPSA) is 95.9 Å². The Hall–Kier alpha value is -2.15. The number of carbonyl (C=O) groups is 1. The second-order valence-corrected chi connectivity index (χ2v) is 4.93. The number of rotatable bonds is 4. The maximum atomic E-state index is 10.2. The van der Waals surface area contributed by atoms with Crippen molar-refractivity contribution in [3.63, 3.8) is 0 Å². The maximum Gasteiger partial charge on any atom is 0.293 e. The number of allylic oxidation sites excluding steroid dienone is 1. The van der Waals surface area contributed by atoms with Gasteiger partial charge in [0, 0.05) is 5.92 Å². The molecule has 0 unspecified atom stereocenters. The molecule has 20 heavy (non-hydrogen) atoms. The Morgan fingerprint density at radius 1 is 1.50 bits per heavy atom. The van der Waals surface area contributed by atoms with Gasteiger partial charge in [0.2, 0.25) is 5.95 Å². The zero-order valence-corrected chi connectivity index (χ0v) is 11.2. The van der Waals surface area contributed by atoms with E-state index < -0.39 is 0 Å². The van der Waals surface area contributed by atoms with E-state index in [-0.39, 0.29) is 23.1 Å². The molecule has 2 atom stereocenters.